The van der Waals surface area contributed by atoms with Crippen molar-refractivity contribution in [1.82, 2.24) is 55.5 Å². The van der Waals surface area contributed by atoms with Crippen molar-refractivity contribution in [3.8, 4) is 0 Å². The normalized spacial score (nSPS) is 17.4. The zero-order chi connectivity index (χ0) is 85.0. The van der Waals surface area contributed by atoms with E-state index in [1.165, 1.54) is 29.7 Å². The summed E-state index contributed by atoms with van der Waals surface area (Å²) < 4.78 is 65.9. The van der Waals surface area contributed by atoms with Crippen molar-refractivity contribution in [3.05, 3.63) is 81.2 Å². The third-order valence-electron chi connectivity index (χ3n) is 20.5. The Kier molecular flexibility index (Phi) is 40.2. The van der Waals surface area contributed by atoms with Crippen LogP contribution in [0.25, 0.3) is 33.3 Å². The average Bonchev–Trinajstić information content (AvgIpc) is 1.57. The molecule has 37 heteroatoms. The standard InChI is InChI=1S/C81H118N12O24S/c1-9-57-51(2)62-47-66-58(11-13-71(98)117-45-44-116-33-30-109-27-22-94)52(3)61(87-66)46-63-53(4)59(74(88-63)73-75-72(54(5)64(89-75)48-65(57)86-62)79(102)93(80(73)103)18-17-91-19-24-107-25-20-91)10-12-69(96)90(8)16-15-83-76(99)55(6)85-77(100)56(7)84-68(95)14-23-106-28-31-110-34-36-112-38-40-114-42-43-115-41-39-113-37-35-111-32-29-108-26-21-92-70(97)49-67(78(92)101)118-50-60(82)81(104)105/h11,13,46-48,53,55-56,59-60,67,88-89,94H,9-10,12,14-45,49-50,82H2,1-8H3,(H,83,99)(H,84,95)(H,85,100)(H,104,105)/b13-11+,63-46?,65-48?,66-47?,74-73?/t53-,55-,56-,59-,60+,67?/m0/s1. The first-order valence-corrected chi connectivity index (χ1v) is 41.4. The lowest BCUT2D eigenvalue weighted by molar-refractivity contribution is -0.140. The second-order valence-corrected chi connectivity index (χ2v) is 29.9. The van der Waals surface area contributed by atoms with Gasteiger partial charge >= 0.3 is 11.9 Å². The Morgan fingerprint density at radius 3 is 1.83 bits per heavy atom. The number of carbonyl (C=O) groups is 10. The minimum atomic E-state index is -1.16. The molecule has 0 saturated carbocycles. The van der Waals surface area contributed by atoms with Crippen molar-refractivity contribution in [2.24, 2.45) is 5.73 Å². The number of aliphatic hydroxyl groups excluding tert-OH is 1. The highest BCUT2D eigenvalue weighted by molar-refractivity contribution is 8.00. The first-order chi connectivity index (χ1) is 56.9. The van der Waals surface area contributed by atoms with E-state index in [0.717, 1.165) is 33.4 Å². The number of aromatic amines is 2. The molecule has 6 aliphatic heterocycles. The van der Waals surface area contributed by atoms with Crippen LogP contribution in [0, 0.1) is 6.92 Å². The molecule has 2 saturated heterocycles. The summed E-state index contributed by atoms with van der Waals surface area (Å²) in [7, 11) is 1.63. The molecule has 8 rings (SSSR count). The summed E-state index contributed by atoms with van der Waals surface area (Å²) >= 11 is 1.07. The first-order valence-electron chi connectivity index (χ1n) is 40.4. The number of hydrogen-bond acceptors (Lipinski definition) is 28. The van der Waals surface area contributed by atoms with Gasteiger partial charge in [0.05, 0.1) is 203 Å². The Morgan fingerprint density at radius 1 is 0.669 bits per heavy atom. The largest absolute Gasteiger partial charge is 0.480 e. The van der Waals surface area contributed by atoms with Crippen molar-refractivity contribution in [2.45, 2.75) is 116 Å². The van der Waals surface area contributed by atoms with E-state index in [-0.39, 0.29) is 159 Å². The van der Waals surface area contributed by atoms with Gasteiger partial charge in [0.2, 0.25) is 35.4 Å². The maximum atomic E-state index is 15.5. The molecular formula is C81H118N12O24S. The van der Waals surface area contributed by atoms with E-state index in [0.29, 0.717) is 174 Å². The van der Waals surface area contributed by atoms with Gasteiger partial charge < -0.3 is 104 Å². The molecular weight excluding hydrogens is 1560 g/mol. The van der Waals surface area contributed by atoms with E-state index in [1.54, 1.807) is 13.1 Å². The lowest BCUT2D eigenvalue weighted by Gasteiger charge is -2.31. The molecule has 8 bridgehead atoms. The third-order valence-corrected chi connectivity index (χ3v) is 21.8. The highest BCUT2D eigenvalue weighted by atomic mass is 32.2. The number of allylic oxidation sites excluding steroid dienone is 5. The number of ether oxygens (including phenoxy) is 12. The number of fused-ring (bicyclic) bond motifs is 8. The number of nitrogens with two attached hydrogens (primary N) is 1. The number of imide groups is 2. The summed E-state index contributed by atoms with van der Waals surface area (Å²) in [6.45, 7) is 21.7. The number of hydrogen-bond donors (Lipinski definition) is 8. The van der Waals surface area contributed by atoms with E-state index in [9.17, 15) is 43.2 Å². The molecule has 2 aromatic heterocycles. The fraction of sp³-hybridized carbons (Fsp3) is 0.630. The minimum absolute atomic E-state index is 0.00199. The summed E-state index contributed by atoms with van der Waals surface area (Å²) in [5.74, 6) is -5.93. The maximum absolute atomic E-state index is 15.5. The Balaban J connectivity index is 0.730. The Morgan fingerprint density at radius 2 is 1.23 bits per heavy atom. The molecule has 2 aromatic rings. The van der Waals surface area contributed by atoms with Gasteiger partial charge in [-0.3, -0.25) is 57.9 Å². The second kappa shape index (κ2) is 49.9. The predicted octanol–water partition coefficient (Wildman–Crippen LogP) is 2.72. The van der Waals surface area contributed by atoms with Crippen molar-refractivity contribution in [1.29, 1.82) is 0 Å². The number of aliphatic carboxylic acids is 1. The number of nitrogens with one attached hydrogen (secondary N) is 5. The second-order valence-electron chi connectivity index (χ2n) is 28.7. The molecule has 652 valence electrons. The number of H-pyrrole nitrogens is 2. The van der Waals surface area contributed by atoms with Gasteiger partial charge in [-0.1, -0.05) is 13.8 Å². The van der Waals surface area contributed by atoms with Gasteiger partial charge in [-0.15, -0.1) is 11.8 Å². The van der Waals surface area contributed by atoms with E-state index >= 15 is 4.79 Å². The zero-order valence-corrected chi connectivity index (χ0v) is 69.9. The SMILES string of the molecule is CCC1=C(C)c2cc3nc(cc4[nH]c(c5c6[nH]c(cc1n2)c(C)c6C(=O)N(CCN1CCOCC1)C5=O)[C@@H](CCC(=O)N(C)CCNC(=O)[C@H](C)NC(=O)[C@H](C)NC(=O)CCOCCOCCOCCOCCOCCOCCOCCOCCN1C(=O)CC(SC[C@@H](N)C(=O)O)C1=O)[C@@H]4C)C(C)=C3/C=C/C(=O)OCCOCCOCCO. The summed E-state index contributed by atoms with van der Waals surface area (Å²) in [6.07, 6.45) is 3.91. The molecule has 9 N–H and O–H groups in total. The van der Waals surface area contributed by atoms with Crippen LogP contribution in [0.4, 0.5) is 0 Å². The smallest absolute Gasteiger partial charge is 0.330 e. The van der Waals surface area contributed by atoms with Crippen LogP contribution in [0.3, 0.4) is 0 Å². The fourth-order valence-electron chi connectivity index (χ4n) is 13.6. The highest BCUT2D eigenvalue weighted by Crippen LogP contribution is 2.45. The van der Waals surface area contributed by atoms with Crippen molar-refractivity contribution < 1.29 is 115 Å². The van der Waals surface area contributed by atoms with Crippen molar-refractivity contribution in [3.63, 3.8) is 0 Å². The lowest BCUT2D eigenvalue weighted by atomic mass is 9.84. The van der Waals surface area contributed by atoms with Crippen LogP contribution in [0.5, 0.6) is 0 Å². The average molecular weight is 1680 g/mol. The molecule has 36 nitrogen and oxygen atoms in total. The predicted molar refractivity (Wildman–Crippen MR) is 434 cm³/mol. The molecule has 2 fully saturated rings. The van der Waals surface area contributed by atoms with Crippen molar-refractivity contribution >= 4 is 104 Å². The number of rotatable bonds is 55. The Bertz CT molecular complexity index is 4070. The highest BCUT2D eigenvalue weighted by Gasteiger charge is 2.42. The molecule has 1 unspecified atom stereocenters. The number of thioether (sulfide) groups is 1. The maximum Gasteiger partial charge on any atom is 0.330 e. The quantitative estimate of drug-likeness (QED) is 0.0204. The lowest BCUT2D eigenvalue weighted by Crippen LogP contribution is -2.52. The van der Waals surface area contributed by atoms with Crippen LogP contribution < -0.4 is 21.7 Å². The van der Waals surface area contributed by atoms with Crippen LogP contribution in [0.2, 0.25) is 0 Å². The molecule has 118 heavy (non-hydrogen) atoms. The van der Waals surface area contributed by atoms with Gasteiger partial charge in [-0.2, -0.15) is 0 Å². The van der Waals surface area contributed by atoms with Gasteiger partial charge in [-0.05, 0) is 94.0 Å². The van der Waals surface area contributed by atoms with Gasteiger partial charge in [0.1, 0.15) is 24.7 Å². The summed E-state index contributed by atoms with van der Waals surface area (Å²) in [6, 6.07) is 2.66. The zero-order valence-electron chi connectivity index (χ0n) is 69.1. The summed E-state index contributed by atoms with van der Waals surface area (Å²) in [4.78, 5) is 156. The Hall–Kier alpha value is -8.51. The topological polar surface area (TPSA) is 454 Å². The molecule has 0 spiro atoms. The molecule has 6 atom stereocenters. The van der Waals surface area contributed by atoms with Crippen molar-refractivity contribution in [2.75, 3.05) is 217 Å². The number of esters is 1. The van der Waals surface area contributed by atoms with E-state index in [2.05, 4.69) is 30.8 Å². The molecule has 0 aromatic carbocycles. The fourth-order valence-corrected chi connectivity index (χ4v) is 14.7. The molecule has 8 heterocycles. The number of carbonyl (C=O) groups excluding carboxylic acids is 9. The molecule has 0 radical (unpaired) electrons. The van der Waals surface area contributed by atoms with Crippen LogP contribution in [-0.4, -0.2) is 349 Å². The van der Waals surface area contributed by atoms with E-state index in [1.807, 2.05) is 52.8 Å². The number of likely N-dealkylation sites (N-methyl/N-ethyl adjacent to an activating group) is 1. The van der Waals surface area contributed by atoms with Crippen LogP contribution >= 0.6 is 11.8 Å². The van der Waals surface area contributed by atoms with Gasteiger partial charge in [0.15, 0.2) is 0 Å². The van der Waals surface area contributed by atoms with Crippen LogP contribution in [0.15, 0.2) is 30.4 Å². The Labute approximate surface area is 691 Å². The summed E-state index contributed by atoms with van der Waals surface area (Å²) in [5, 5.41) is 25.3. The molecule has 0 aliphatic carbocycles. The van der Waals surface area contributed by atoms with Crippen LogP contribution in [-0.2, 0) is 95.2 Å². The number of likely N-dealkylation sites (tertiary alicyclic amines) is 1. The number of morpholine rings is 1. The van der Waals surface area contributed by atoms with Gasteiger partial charge in [0.25, 0.3) is 11.8 Å². The number of aromatic nitrogens is 4. The monoisotopic (exact) mass is 1670 g/mol. The molecule has 6 aliphatic rings. The number of nitrogens with zero attached hydrogens (tertiary/aromatic N) is 6. The van der Waals surface area contributed by atoms with Crippen LogP contribution in [0.1, 0.15) is 146 Å². The molecule has 8 amide bonds. The number of amides is 8. The van der Waals surface area contributed by atoms with E-state index < -0.39 is 70.8 Å². The third kappa shape index (κ3) is 28.6. The van der Waals surface area contributed by atoms with E-state index in [4.69, 9.17) is 82.8 Å². The number of carboxylic acid groups (broad SMARTS) is 1. The minimum Gasteiger partial charge on any atom is -0.480 e. The van der Waals surface area contributed by atoms with Gasteiger partial charge in [0, 0.05) is 112 Å². The first kappa shape index (κ1) is 95.0. The summed E-state index contributed by atoms with van der Waals surface area (Å²) in [5.41, 5.74) is 14.7. The van der Waals surface area contributed by atoms with Gasteiger partial charge in [-0.25, -0.2) is 14.8 Å². The number of aryl methyl sites for hydroxylation is 1. The number of aliphatic hydroxyl groups is 1. The number of carboxylic acids is 1.